The highest BCUT2D eigenvalue weighted by atomic mass is 16.7. The van der Waals surface area contributed by atoms with Crippen LogP contribution in [0.3, 0.4) is 0 Å². The van der Waals surface area contributed by atoms with E-state index < -0.39 is 5.97 Å². The van der Waals surface area contributed by atoms with Crippen LogP contribution >= 0.6 is 0 Å². The maximum Gasteiger partial charge on any atom is 0.343 e. The van der Waals surface area contributed by atoms with Crippen molar-refractivity contribution in [3.63, 3.8) is 0 Å². The first-order valence-corrected chi connectivity index (χ1v) is 8.48. The molecule has 0 radical (unpaired) electrons. The number of esters is 1. The van der Waals surface area contributed by atoms with E-state index in [4.69, 9.17) is 14.2 Å². The summed E-state index contributed by atoms with van der Waals surface area (Å²) in [6, 6.07) is 7.59. The first-order valence-electron chi connectivity index (χ1n) is 8.48. The fourth-order valence-corrected chi connectivity index (χ4v) is 2.31. The number of carbonyl (C=O) groups excluding carboxylic acids is 1. The number of nitrogens with one attached hydrogen (secondary N) is 2. The largest absolute Gasteiger partial charge is 0.462 e. The van der Waals surface area contributed by atoms with Crippen molar-refractivity contribution < 1.29 is 19.0 Å². The van der Waals surface area contributed by atoms with Crippen molar-refractivity contribution in [1.29, 1.82) is 0 Å². The molecule has 0 saturated heterocycles. The predicted molar refractivity (Wildman–Crippen MR) is 95.7 cm³/mol. The third-order valence-electron chi connectivity index (χ3n) is 3.38. The Morgan fingerprint density at radius 3 is 2.56 bits per heavy atom. The summed E-state index contributed by atoms with van der Waals surface area (Å²) < 4.78 is 16.1. The van der Waals surface area contributed by atoms with Gasteiger partial charge in [-0.05, 0) is 32.9 Å². The maximum absolute atomic E-state index is 12.3. The average molecular weight is 347 g/mol. The zero-order valence-electron chi connectivity index (χ0n) is 14.9. The smallest absolute Gasteiger partial charge is 0.343 e. The molecule has 2 N–H and O–H groups in total. The number of hydrogen-bond donors (Lipinski definition) is 2. The van der Waals surface area contributed by atoms with Crippen molar-refractivity contribution in [1.82, 2.24) is 15.3 Å². The lowest BCUT2D eigenvalue weighted by molar-refractivity contribution is -0.136. The topological polar surface area (TPSA) is 85.5 Å². The van der Waals surface area contributed by atoms with Crippen LogP contribution in [0.2, 0.25) is 0 Å². The molecule has 0 unspecified atom stereocenters. The van der Waals surface area contributed by atoms with Crippen molar-refractivity contribution >= 4 is 22.6 Å². The molecule has 0 atom stereocenters. The van der Waals surface area contributed by atoms with Crippen LogP contribution in [0.25, 0.3) is 16.6 Å². The van der Waals surface area contributed by atoms with E-state index in [0.717, 1.165) is 11.0 Å². The molecular weight excluding hydrogens is 322 g/mol. The Morgan fingerprint density at radius 1 is 1.20 bits per heavy atom. The van der Waals surface area contributed by atoms with E-state index >= 15 is 0 Å². The summed E-state index contributed by atoms with van der Waals surface area (Å²) >= 11 is 0. The van der Waals surface area contributed by atoms with E-state index in [9.17, 15) is 4.79 Å². The van der Waals surface area contributed by atoms with Gasteiger partial charge in [-0.15, -0.1) is 0 Å². The number of nitrogens with zero attached hydrogens (tertiary/aromatic N) is 1. The number of carbonyl (C=O) groups is 1. The molecule has 7 nitrogen and oxygen atoms in total. The SMILES string of the molecule is CCOC(=O)/C(=C\NCC(OCC)OCC)c1nc2ccccc2[nH]1. The van der Waals surface area contributed by atoms with Gasteiger partial charge >= 0.3 is 5.97 Å². The number of hydrogen-bond acceptors (Lipinski definition) is 6. The second-order valence-electron chi connectivity index (χ2n) is 5.13. The summed E-state index contributed by atoms with van der Waals surface area (Å²) in [5.74, 6) is 0.00921. The lowest BCUT2D eigenvalue weighted by Crippen LogP contribution is -2.29. The molecule has 136 valence electrons. The van der Waals surface area contributed by atoms with E-state index in [1.807, 2.05) is 38.1 Å². The summed E-state index contributed by atoms with van der Waals surface area (Å²) in [7, 11) is 0. The molecular formula is C18H25N3O4. The molecule has 0 aliphatic rings. The molecule has 2 rings (SSSR count). The highest BCUT2D eigenvalue weighted by Crippen LogP contribution is 2.17. The number of rotatable bonds is 10. The number of benzene rings is 1. The molecule has 2 aromatic rings. The summed E-state index contributed by atoms with van der Waals surface area (Å²) in [5.41, 5.74) is 1.97. The molecule has 1 aromatic heterocycles. The third kappa shape index (κ3) is 5.30. The summed E-state index contributed by atoms with van der Waals surface area (Å²) in [4.78, 5) is 19.9. The van der Waals surface area contributed by atoms with Crippen molar-refractivity contribution in [2.75, 3.05) is 26.4 Å². The molecule has 1 heterocycles. The monoisotopic (exact) mass is 347 g/mol. The number of ether oxygens (including phenoxy) is 3. The molecule has 0 aliphatic heterocycles. The van der Waals surface area contributed by atoms with Gasteiger partial charge in [0.1, 0.15) is 11.4 Å². The van der Waals surface area contributed by atoms with Gasteiger partial charge in [-0.2, -0.15) is 0 Å². The van der Waals surface area contributed by atoms with Gasteiger partial charge in [-0.1, -0.05) is 12.1 Å². The molecule has 0 fully saturated rings. The first kappa shape index (κ1) is 19.0. The van der Waals surface area contributed by atoms with Crippen LogP contribution in [-0.4, -0.2) is 48.6 Å². The van der Waals surface area contributed by atoms with Crippen LogP contribution in [0.1, 0.15) is 26.6 Å². The van der Waals surface area contributed by atoms with E-state index in [0.29, 0.717) is 31.2 Å². The zero-order valence-corrected chi connectivity index (χ0v) is 14.9. The van der Waals surface area contributed by atoms with E-state index in [1.54, 1.807) is 13.1 Å². The molecule has 7 heteroatoms. The normalized spacial score (nSPS) is 11.9. The summed E-state index contributed by atoms with van der Waals surface area (Å²) in [6.07, 6.45) is 1.20. The van der Waals surface area contributed by atoms with Crippen LogP contribution in [0.15, 0.2) is 30.5 Å². The third-order valence-corrected chi connectivity index (χ3v) is 3.38. The highest BCUT2D eigenvalue weighted by Gasteiger charge is 2.17. The van der Waals surface area contributed by atoms with Crippen molar-refractivity contribution in [2.45, 2.75) is 27.1 Å². The van der Waals surface area contributed by atoms with Gasteiger partial charge in [0.25, 0.3) is 0 Å². The second kappa shape index (κ2) is 9.80. The first-order chi connectivity index (χ1) is 12.2. The highest BCUT2D eigenvalue weighted by molar-refractivity contribution is 6.15. The maximum atomic E-state index is 12.3. The van der Waals surface area contributed by atoms with Gasteiger partial charge in [-0.3, -0.25) is 0 Å². The van der Waals surface area contributed by atoms with Crippen LogP contribution in [0.5, 0.6) is 0 Å². The van der Waals surface area contributed by atoms with Gasteiger partial charge in [0, 0.05) is 19.4 Å². The van der Waals surface area contributed by atoms with Crippen LogP contribution in [-0.2, 0) is 19.0 Å². The Balaban J connectivity index is 2.18. The minimum absolute atomic E-state index is 0.289. The molecule has 0 spiro atoms. The van der Waals surface area contributed by atoms with E-state index in [2.05, 4.69) is 15.3 Å². The Hall–Kier alpha value is -2.38. The lowest BCUT2D eigenvalue weighted by Gasteiger charge is -2.17. The van der Waals surface area contributed by atoms with Crippen LogP contribution in [0.4, 0.5) is 0 Å². The van der Waals surface area contributed by atoms with Gasteiger partial charge in [0.15, 0.2) is 6.29 Å². The van der Waals surface area contributed by atoms with Crippen LogP contribution < -0.4 is 5.32 Å². The average Bonchev–Trinajstić information content (AvgIpc) is 3.02. The standard InChI is InChI=1S/C18H25N3O4/c1-4-23-16(24-5-2)12-19-11-13(18(22)25-6-3)17-20-14-9-7-8-10-15(14)21-17/h7-11,16,19H,4-6,12H2,1-3H3,(H,20,21)/b13-11-. The van der Waals surface area contributed by atoms with Crippen LogP contribution in [0, 0.1) is 0 Å². The Morgan fingerprint density at radius 2 is 1.92 bits per heavy atom. The van der Waals surface area contributed by atoms with E-state index in [1.165, 1.54) is 0 Å². The van der Waals surface area contributed by atoms with Gasteiger partial charge < -0.3 is 24.5 Å². The number of para-hydroxylation sites is 2. The number of fused-ring (bicyclic) bond motifs is 1. The number of imidazole rings is 1. The fourth-order valence-electron chi connectivity index (χ4n) is 2.31. The summed E-state index contributed by atoms with van der Waals surface area (Å²) in [5, 5.41) is 3.06. The Kier molecular flexibility index (Phi) is 7.43. The molecule has 0 amide bonds. The Bertz CT molecular complexity index is 672. The van der Waals surface area contributed by atoms with Gasteiger partial charge in [-0.25, -0.2) is 9.78 Å². The zero-order chi connectivity index (χ0) is 18.1. The van der Waals surface area contributed by atoms with Crippen molar-refractivity contribution in [3.05, 3.63) is 36.3 Å². The molecule has 0 aliphatic carbocycles. The van der Waals surface area contributed by atoms with Crippen molar-refractivity contribution in [2.24, 2.45) is 0 Å². The minimum Gasteiger partial charge on any atom is -0.462 e. The van der Waals surface area contributed by atoms with Gasteiger partial charge in [0.2, 0.25) is 0 Å². The summed E-state index contributed by atoms with van der Waals surface area (Å²) in [6.45, 7) is 7.36. The number of H-pyrrole nitrogens is 1. The molecule has 0 saturated carbocycles. The number of aromatic nitrogens is 2. The minimum atomic E-state index is -0.446. The molecule has 25 heavy (non-hydrogen) atoms. The Labute approximate surface area is 147 Å². The number of aromatic amines is 1. The molecule has 1 aromatic carbocycles. The second-order valence-corrected chi connectivity index (χ2v) is 5.13. The molecule has 0 bridgehead atoms. The predicted octanol–water partition coefficient (Wildman–Crippen LogP) is 2.46. The quantitative estimate of drug-likeness (QED) is 0.390. The van der Waals surface area contributed by atoms with Crippen molar-refractivity contribution in [3.8, 4) is 0 Å². The lowest BCUT2D eigenvalue weighted by atomic mass is 10.2. The fraction of sp³-hybridized carbons (Fsp3) is 0.444. The van der Waals surface area contributed by atoms with Gasteiger partial charge in [0.05, 0.1) is 24.2 Å². The van der Waals surface area contributed by atoms with E-state index in [-0.39, 0.29) is 12.9 Å².